The van der Waals surface area contributed by atoms with Crippen LogP contribution in [0.3, 0.4) is 0 Å². The number of sulfone groups is 1. The molecule has 9 heteroatoms. The highest BCUT2D eigenvalue weighted by Gasteiger charge is 2.22. The Hall–Kier alpha value is -0.830. The summed E-state index contributed by atoms with van der Waals surface area (Å²) in [4.78, 5) is -0.229. The standard InChI is InChI=1S/C10H13ClO6S2/c1-18(13,14)10-8(7-19(11,15)16)3-2-4-9(10)17-6-5-12/h2-4,12H,5-7H2,1H3. The van der Waals surface area contributed by atoms with Gasteiger partial charge >= 0.3 is 0 Å². The highest BCUT2D eigenvalue weighted by atomic mass is 35.7. The molecule has 0 fully saturated rings. The van der Waals surface area contributed by atoms with Crippen LogP contribution in [0.5, 0.6) is 5.75 Å². The van der Waals surface area contributed by atoms with Crippen LogP contribution in [0.4, 0.5) is 0 Å². The van der Waals surface area contributed by atoms with Crippen LogP contribution in [-0.4, -0.2) is 41.4 Å². The number of hydrogen-bond donors (Lipinski definition) is 1. The van der Waals surface area contributed by atoms with Gasteiger partial charge in [0.1, 0.15) is 17.3 Å². The average molecular weight is 329 g/mol. The summed E-state index contributed by atoms with van der Waals surface area (Å²) in [6.07, 6.45) is 0.943. The number of hydrogen-bond acceptors (Lipinski definition) is 6. The first-order valence-electron chi connectivity index (χ1n) is 5.13. The van der Waals surface area contributed by atoms with E-state index < -0.39 is 24.6 Å². The minimum atomic E-state index is -3.89. The van der Waals surface area contributed by atoms with Crippen LogP contribution in [0.15, 0.2) is 23.1 Å². The number of aliphatic hydroxyl groups excluding tert-OH is 1. The van der Waals surface area contributed by atoms with Crippen molar-refractivity contribution >= 4 is 29.6 Å². The molecule has 1 N–H and O–H groups in total. The summed E-state index contributed by atoms with van der Waals surface area (Å²) < 4.78 is 50.8. The zero-order valence-corrected chi connectivity index (χ0v) is 12.4. The summed E-state index contributed by atoms with van der Waals surface area (Å²) in [7, 11) is -2.45. The lowest BCUT2D eigenvalue weighted by atomic mass is 10.2. The van der Waals surface area contributed by atoms with Gasteiger partial charge < -0.3 is 9.84 Å². The van der Waals surface area contributed by atoms with E-state index in [1.54, 1.807) is 0 Å². The van der Waals surface area contributed by atoms with E-state index in [9.17, 15) is 16.8 Å². The van der Waals surface area contributed by atoms with E-state index in [1.807, 2.05) is 0 Å². The fourth-order valence-electron chi connectivity index (χ4n) is 1.55. The number of ether oxygens (including phenoxy) is 1. The smallest absolute Gasteiger partial charge is 0.236 e. The molecule has 0 aromatic heterocycles. The molecular weight excluding hydrogens is 316 g/mol. The van der Waals surface area contributed by atoms with Gasteiger partial charge in [-0.2, -0.15) is 0 Å². The Balaban J connectivity index is 3.39. The van der Waals surface area contributed by atoms with Gasteiger partial charge in [-0.1, -0.05) is 12.1 Å². The van der Waals surface area contributed by atoms with E-state index in [-0.39, 0.29) is 29.4 Å². The Kier molecular flexibility index (Phi) is 5.19. The zero-order valence-electron chi connectivity index (χ0n) is 10.0. The van der Waals surface area contributed by atoms with Crippen molar-refractivity contribution in [3.63, 3.8) is 0 Å². The van der Waals surface area contributed by atoms with Gasteiger partial charge in [0.05, 0.1) is 12.4 Å². The van der Waals surface area contributed by atoms with Gasteiger partial charge in [-0.3, -0.25) is 0 Å². The number of aliphatic hydroxyl groups is 1. The molecule has 0 aliphatic carbocycles. The van der Waals surface area contributed by atoms with Crippen LogP contribution in [0.1, 0.15) is 5.56 Å². The lowest BCUT2D eigenvalue weighted by Gasteiger charge is -2.13. The summed E-state index contributed by atoms with van der Waals surface area (Å²) >= 11 is 0. The fourth-order valence-corrected chi connectivity index (χ4v) is 3.72. The first-order valence-corrected chi connectivity index (χ1v) is 9.50. The van der Waals surface area contributed by atoms with E-state index in [4.69, 9.17) is 20.5 Å². The molecule has 0 saturated carbocycles. The third-order valence-electron chi connectivity index (χ3n) is 2.11. The minimum Gasteiger partial charge on any atom is -0.490 e. The maximum atomic E-state index is 11.7. The van der Waals surface area contributed by atoms with Gasteiger partial charge in [0.15, 0.2) is 9.84 Å². The van der Waals surface area contributed by atoms with Crippen LogP contribution in [0, 0.1) is 0 Å². The average Bonchev–Trinajstić information content (AvgIpc) is 2.22. The molecule has 6 nitrogen and oxygen atoms in total. The van der Waals surface area contributed by atoms with Crippen molar-refractivity contribution < 1.29 is 26.7 Å². The minimum absolute atomic E-state index is 0.00522. The second-order valence-corrected chi connectivity index (χ2v) is 8.50. The van der Waals surface area contributed by atoms with Crippen LogP contribution < -0.4 is 4.74 Å². The van der Waals surface area contributed by atoms with E-state index in [1.165, 1.54) is 18.2 Å². The summed E-state index contributed by atoms with van der Waals surface area (Å²) in [5.74, 6) is -0.623. The van der Waals surface area contributed by atoms with Crippen LogP contribution >= 0.6 is 10.7 Å². The van der Waals surface area contributed by atoms with Crippen LogP contribution in [0.2, 0.25) is 0 Å². The second kappa shape index (κ2) is 6.08. The molecule has 0 aliphatic rings. The van der Waals surface area contributed by atoms with E-state index in [2.05, 4.69) is 0 Å². The Morgan fingerprint density at radius 2 is 1.89 bits per heavy atom. The monoisotopic (exact) mass is 328 g/mol. The lowest BCUT2D eigenvalue weighted by molar-refractivity contribution is 0.198. The Morgan fingerprint density at radius 1 is 1.26 bits per heavy atom. The van der Waals surface area contributed by atoms with Crippen molar-refractivity contribution in [2.45, 2.75) is 10.6 Å². The van der Waals surface area contributed by atoms with Gasteiger partial charge in [0.2, 0.25) is 9.05 Å². The number of benzene rings is 1. The zero-order chi connectivity index (χ0) is 14.7. The number of halogens is 1. The molecule has 0 atom stereocenters. The van der Waals surface area contributed by atoms with Crippen molar-refractivity contribution in [1.29, 1.82) is 0 Å². The molecule has 1 aromatic rings. The topological polar surface area (TPSA) is 97.7 Å². The predicted molar refractivity (Wildman–Crippen MR) is 70.6 cm³/mol. The maximum Gasteiger partial charge on any atom is 0.236 e. The van der Waals surface area contributed by atoms with Crippen LogP contribution in [-0.2, 0) is 24.6 Å². The first-order chi connectivity index (χ1) is 8.65. The van der Waals surface area contributed by atoms with Crippen molar-refractivity contribution in [3.8, 4) is 5.75 Å². The fraction of sp³-hybridized carbons (Fsp3) is 0.400. The van der Waals surface area contributed by atoms with Gasteiger partial charge in [0.25, 0.3) is 0 Å². The quantitative estimate of drug-likeness (QED) is 0.765. The summed E-state index contributed by atoms with van der Waals surface area (Å²) in [6, 6.07) is 4.19. The third kappa shape index (κ3) is 4.98. The second-order valence-electron chi connectivity index (χ2n) is 3.77. The molecule has 0 unspecified atom stereocenters. The molecule has 0 spiro atoms. The largest absolute Gasteiger partial charge is 0.490 e. The van der Waals surface area contributed by atoms with Crippen molar-refractivity contribution in [3.05, 3.63) is 23.8 Å². The third-order valence-corrected chi connectivity index (χ3v) is 4.30. The molecule has 0 saturated heterocycles. The molecule has 0 aliphatic heterocycles. The van der Waals surface area contributed by atoms with Gasteiger partial charge in [-0.15, -0.1) is 0 Å². The molecular formula is C10H13ClO6S2. The van der Waals surface area contributed by atoms with Gasteiger partial charge in [0, 0.05) is 16.9 Å². The van der Waals surface area contributed by atoms with Gasteiger partial charge in [-0.25, -0.2) is 16.8 Å². The van der Waals surface area contributed by atoms with Crippen molar-refractivity contribution in [1.82, 2.24) is 0 Å². The molecule has 0 heterocycles. The normalized spacial score (nSPS) is 12.4. The number of rotatable bonds is 6. The summed E-state index contributed by atoms with van der Waals surface area (Å²) in [6.45, 7) is -0.388. The Morgan fingerprint density at radius 3 is 2.37 bits per heavy atom. The van der Waals surface area contributed by atoms with Crippen molar-refractivity contribution in [2.75, 3.05) is 19.5 Å². The molecule has 0 bridgehead atoms. The highest BCUT2D eigenvalue weighted by molar-refractivity contribution is 8.13. The van der Waals surface area contributed by atoms with Crippen LogP contribution in [0.25, 0.3) is 0 Å². The lowest BCUT2D eigenvalue weighted by Crippen LogP contribution is -2.10. The molecule has 1 aromatic carbocycles. The summed E-state index contributed by atoms with van der Waals surface area (Å²) in [5, 5.41) is 8.69. The van der Waals surface area contributed by atoms with E-state index >= 15 is 0 Å². The van der Waals surface area contributed by atoms with Gasteiger partial charge in [-0.05, 0) is 11.6 Å². The Labute approximate surface area is 116 Å². The van der Waals surface area contributed by atoms with E-state index in [0.29, 0.717) is 0 Å². The first kappa shape index (κ1) is 16.2. The maximum absolute atomic E-state index is 11.7. The summed E-state index contributed by atoms with van der Waals surface area (Å²) in [5.41, 5.74) is 0.0351. The highest BCUT2D eigenvalue weighted by Crippen LogP contribution is 2.29. The van der Waals surface area contributed by atoms with E-state index in [0.717, 1.165) is 6.26 Å². The van der Waals surface area contributed by atoms with Crippen molar-refractivity contribution in [2.24, 2.45) is 0 Å². The SMILES string of the molecule is CS(=O)(=O)c1c(CS(=O)(=O)Cl)cccc1OCCO. The Bertz CT molecular complexity index is 651. The molecule has 108 valence electrons. The molecule has 1 rings (SSSR count). The predicted octanol–water partition coefficient (Wildman–Crippen LogP) is 0.530. The molecule has 0 radical (unpaired) electrons. The molecule has 0 amide bonds. The molecule has 19 heavy (non-hydrogen) atoms.